The number of nitrogens with two attached hydrogens (primary N) is 2. The molecule has 0 radical (unpaired) electrons. The van der Waals surface area contributed by atoms with Crippen molar-refractivity contribution in [3.05, 3.63) is 42.1 Å². The second-order valence-electron chi connectivity index (χ2n) is 4.22. The van der Waals surface area contributed by atoms with Crippen molar-refractivity contribution >= 4 is 5.82 Å². The number of pyridine rings is 1. The Morgan fingerprint density at radius 3 is 2.70 bits per heavy atom. The molecule has 4 nitrogen and oxygen atoms in total. The first-order chi connectivity index (χ1) is 9.61. The number of rotatable bonds is 5. The van der Waals surface area contributed by atoms with Gasteiger partial charge in [0.15, 0.2) is 0 Å². The lowest BCUT2D eigenvalue weighted by Gasteiger charge is -2.12. The van der Waals surface area contributed by atoms with Crippen molar-refractivity contribution in [2.75, 3.05) is 18.9 Å². The molecule has 0 bridgehead atoms. The largest absolute Gasteiger partial charge is 0.493 e. The summed E-state index contributed by atoms with van der Waals surface area (Å²) < 4.78 is 32.6. The molecule has 0 saturated carbocycles. The minimum atomic E-state index is -0.547. The second kappa shape index (κ2) is 6.29. The molecular formula is C14H15F2N3O. The molecule has 0 atom stereocenters. The Morgan fingerprint density at radius 1 is 1.15 bits per heavy atom. The van der Waals surface area contributed by atoms with E-state index in [0.29, 0.717) is 25.1 Å². The number of aromatic nitrogens is 1. The fraction of sp³-hybridized carbons (Fsp3) is 0.214. The van der Waals surface area contributed by atoms with Crippen molar-refractivity contribution in [3.8, 4) is 16.9 Å². The van der Waals surface area contributed by atoms with Gasteiger partial charge in [-0.05, 0) is 31.2 Å². The van der Waals surface area contributed by atoms with Crippen molar-refractivity contribution < 1.29 is 13.5 Å². The summed E-state index contributed by atoms with van der Waals surface area (Å²) in [7, 11) is 0. The zero-order chi connectivity index (χ0) is 14.5. The third-order valence-electron chi connectivity index (χ3n) is 2.72. The number of hydrogen-bond donors (Lipinski definition) is 2. The monoisotopic (exact) mass is 279 g/mol. The fourth-order valence-electron chi connectivity index (χ4n) is 1.76. The van der Waals surface area contributed by atoms with E-state index in [1.165, 1.54) is 24.3 Å². The molecule has 2 rings (SSSR count). The lowest BCUT2D eigenvalue weighted by atomic mass is 10.0. The maximum Gasteiger partial charge on any atom is 0.149 e. The molecule has 0 spiro atoms. The zero-order valence-electron chi connectivity index (χ0n) is 10.8. The van der Waals surface area contributed by atoms with Crippen LogP contribution in [-0.4, -0.2) is 18.1 Å². The Hall–Kier alpha value is -2.21. The molecule has 2 aromatic rings. The van der Waals surface area contributed by atoms with Gasteiger partial charge in [-0.25, -0.2) is 13.8 Å². The first-order valence-corrected chi connectivity index (χ1v) is 6.15. The van der Waals surface area contributed by atoms with Gasteiger partial charge >= 0.3 is 0 Å². The second-order valence-corrected chi connectivity index (χ2v) is 4.22. The Morgan fingerprint density at radius 2 is 1.95 bits per heavy atom. The summed E-state index contributed by atoms with van der Waals surface area (Å²) in [6.07, 6.45) is 1.65. The first kappa shape index (κ1) is 14.2. The molecule has 0 aliphatic rings. The number of hydrogen-bond acceptors (Lipinski definition) is 4. The average molecular weight is 279 g/mol. The normalized spacial score (nSPS) is 10.6. The van der Waals surface area contributed by atoms with Crippen LogP contribution in [-0.2, 0) is 0 Å². The zero-order valence-corrected chi connectivity index (χ0v) is 10.8. The molecule has 0 aliphatic carbocycles. The smallest absolute Gasteiger partial charge is 0.149 e. The van der Waals surface area contributed by atoms with Crippen LogP contribution in [0.15, 0.2) is 30.5 Å². The Kier molecular flexibility index (Phi) is 4.47. The Bertz CT molecular complexity index is 605. The molecule has 0 saturated heterocycles. The van der Waals surface area contributed by atoms with Gasteiger partial charge < -0.3 is 16.2 Å². The molecule has 1 aromatic carbocycles. The van der Waals surface area contributed by atoms with Crippen LogP contribution < -0.4 is 16.2 Å². The summed E-state index contributed by atoms with van der Waals surface area (Å²) in [5.74, 6) is -0.574. The third kappa shape index (κ3) is 3.21. The number of halogens is 2. The van der Waals surface area contributed by atoms with Crippen molar-refractivity contribution in [2.45, 2.75) is 6.42 Å². The lowest BCUT2D eigenvalue weighted by Crippen LogP contribution is -2.07. The number of nitrogens with zero attached hydrogens (tertiary/aromatic N) is 1. The van der Waals surface area contributed by atoms with Crippen molar-refractivity contribution in [3.63, 3.8) is 0 Å². The average Bonchev–Trinajstić information content (AvgIpc) is 2.42. The van der Waals surface area contributed by atoms with E-state index in [9.17, 15) is 8.78 Å². The first-order valence-electron chi connectivity index (χ1n) is 6.15. The van der Waals surface area contributed by atoms with Crippen LogP contribution in [0.1, 0.15) is 6.42 Å². The van der Waals surface area contributed by atoms with E-state index < -0.39 is 11.6 Å². The molecule has 6 heteroatoms. The number of ether oxygens (including phenoxy) is 1. The molecule has 0 amide bonds. The van der Waals surface area contributed by atoms with Gasteiger partial charge in [0.1, 0.15) is 23.2 Å². The molecule has 20 heavy (non-hydrogen) atoms. The van der Waals surface area contributed by atoms with Crippen molar-refractivity contribution in [2.24, 2.45) is 5.73 Å². The van der Waals surface area contributed by atoms with Crippen LogP contribution in [0.2, 0.25) is 0 Å². The van der Waals surface area contributed by atoms with E-state index in [2.05, 4.69) is 4.98 Å². The van der Waals surface area contributed by atoms with Gasteiger partial charge in [-0.15, -0.1) is 0 Å². The van der Waals surface area contributed by atoms with Crippen molar-refractivity contribution in [1.82, 2.24) is 4.98 Å². The van der Waals surface area contributed by atoms with Crippen LogP contribution >= 0.6 is 0 Å². The summed E-state index contributed by atoms with van der Waals surface area (Å²) in [6, 6.07) is 5.28. The Balaban J connectivity index is 2.41. The summed E-state index contributed by atoms with van der Waals surface area (Å²) in [5.41, 5.74) is 11.6. The van der Waals surface area contributed by atoms with Gasteiger partial charge in [-0.3, -0.25) is 0 Å². The molecule has 1 aromatic heterocycles. The lowest BCUT2D eigenvalue weighted by molar-refractivity contribution is 0.313. The number of benzene rings is 1. The highest BCUT2D eigenvalue weighted by molar-refractivity contribution is 5.72. The molecule has 0 unspecified atom stereocenters. The van der Waals surface area contributed by atoms with E-state index in [1.807, 2.05) is 0 Å². The van der Waals surface area contributed by atoms with Crippen LogP contribution in [0.3, 0.4) is 0 Å². The van der Waals surface area contributed by atoms with E-state index in [1.54, 1.807) is 0 Å². The van der Waals surface area contributed by atoms with Crippen LogP contribution in [0.4, 0.5) is 14.6 Å². The SMILES string of the molecule is NCCCOc1cc(F)ccc1-c1cc(N)ncc1F. The highest BCUT2D eigenvalue weighted by Gasteiger charge is 2.13. The highest BCUT2D eigenvalue weighted by Crippen LogP contribution is 2.33. The van der Waals surface area contributed by atoms with Crippen LogP contribution in [0.25, 0.3) is 11.1 Å². The third-order valence-corrected chi connectivity index (χ3v) is 2.72. The molecule has 4 N–H and O–H groups in total. The minimum Gasteiger partial charge on any atom is -0.493 e. The predicted octanol–water partition coefficient (Wildman–Crippen LogP) is 2.34. The summed E-state index contributed by atoms with van der Waals surface area (Å²) in [6.45, 7) is 0.788. The summed E-state index contributed by atoms with van der Waals surface area (Å²) >= 11 is 0. The summed E-state index contributed by atoms with van der Waals surface area (Å²) in [5, 5.41) is 0. The minimum absolute atomic E-state index is 0.179. The molecule has 106 valence electrons. The predicted molar refractivity (Wildman–Crippen MR) is 73.2 cm³/mol. The standard InChI is InChI=1S/C14H15F2N3O/c15-9-2-3-10(13(6-9)20-5-1-4-17)11-7-14(18)19-8-12(11)16/h2-3,6-8H,1,4-5,17H2,(H2,18,19). The maximum atomic E-state index is 13.8. The van der Waals surface area contributed by atoms with Gasteiger partial charge in [-0.2, -0.15) is 0 Å². The van der Waals surface area contributed by atoms with Gasteiger partial charge in [0, 0.05) is 17.2 Å². The van der Waals surface area contributed by atoms with Crippen molar-refractivity contribution in [1.29, 1.82) is 0 Å². The van der Waals surface area contributed by atoms with Crippen LogP contribution in [0.5, 0.6) is 5.75 Å². The fourth-order valence-corrected chi connectivity index (χ4v) is 1.76. The van der Waals surface area contributed by atoms with E-state index in [0.717, 1.165) is 6.20 Å². The van der Waals surface area contributed by atoms with Gasteiger partial charge in [0.2, 0.25) is 0 Å². The van der Waals surface area contributed by atoms with E-state index in [4.69, 9.17) is 16.2 Å². The quantitative estimate of drug-likeness (QED) is 0.824. The Labute approximate surface area is 115 Å². The molecular weight excluding hydrogens is 264 g/mol. The van der Waals surface area contributed by atoms with Gasteiger partial charge in [-0.1, -0.05) is 0 Å². The van der Waals surface area contributed by atoms with Gasteiger partial charge in [0.05, 0.1) is 12.8 Å². The number of anilines is 1. The maximum absolute atomic E-state index is 13.8. The summed E-state index contributed by atoms with van der Waals surface area (Å²) in [4.78, 5) is 3.66. The van der Waals surface area contributed by atoms with Gasteiger partial charge in [0.25, 0.3) is 0 Å². The molecule has 0 fully saturated rings. The number of nitrogen functional groups attached to an aromatic ring is 1. The topological polar surface area (TPSA) is 74.2 Å². The highest BCUT2D eigenvalue weighted by atomic mass is 19.1. The van der Waals surface area contributed by atoms with E-state index in [-0.39, 0.29) is 17.1 Å². The molecule has 1 heterocycles. The van der Waals surface area contributed by atoms with Crippen LogP contribution in [0, 0.1) is 11.6 Å². The molecule has 0 aliphatic heterocycles. The van der Waals surface area contributed by atoms with E-state index >= 15 is 0 Å².